The summed E-state index contributed by atoms with van der Waals surface area (Å²) in [6, 6.07) is 13.8. The molecular weight excluding hydrogens is 244 g/mol. The minimum absolute atomic E-state index is 0.366. The molecule has 0 aliphatic carbocycles. The van der Waals surface area contributed by atoms with Crippen LogP contribution < -0.4 is 5.32 Å². The van der Waals surface area contributed by atoms with Crippen LogP contribution >= 0.6 is 0 Å². The first-order valence-corrected chi connectivity index (χ1v) is 7.36. The summed E-state index contributed by atoms with van der Waals surface area (Å²) in [7, 11) is 0. The summed E-state index contributed by atoms with van der Waals surface area (Å²) in [6.45, 7) is 6.61. The lowest BCUT2D eigenvalue weighted by Gasteiger charge is -2.20. The number of hydrogen-bond acceptors (Lipinski definition) is 2. The molecule has 0 bridgehead atoms. The number of rotatable bonds is 6. The van der Waals surface area contributed by atoms with Crippen molar-refractivity contribution in [2.75, 3.05) is 0 Å². The molecule has 0 radical (unpaired) electrons. The molecule has 0 spiro atoms. The second-order valence-corrected chi connectivity index (χ2v) is 5.60. The maximum Gasteiger partial charge on any atom is 0.0295 e. The van der Waals surface area contributed by atoms with Crippen molar-refractivity contribution in [3.05, 3.63) is 65.5 Å². The van der Waals surface area contributed by atoms with Crippen LogP contribution in [0, 0.1) is 6.92 Å². The van der Waals surface area contributed by atoms with Crippen molar-refractivity contribution in [2.24, 2.45) is 0 Å². The van der Waals surface area contributed by atoms with E-state index < -0.39 is 0 Å². The van der Waals surface area contributed by atoms with Crippen molar-refractivity contribution in [1.29, 1.82) is 0 Å². The number of pyridine rings is 1. The molecule has 0 fully saturated rings. The number of benzene rings is 1. The van der Waals surface area contributed by atoms with Gasteiger partial charge in [-0.05, 0) is 56.9 Å². The van der Waals surface area contributed by atoms with E-state index in [0.717, 1.165) is 12.8 Å². The minimum atomic E-state index is 0.366. The third-order valence-electron chi connectivity index (χ3n) is 3.69. The Kier molecular flexibility index (Phi) is 5.31. The first-order valence-electron chi connectivity index (χ1n) is 7.36. The largest absolute Gasteiger partial charge is 0.308 e. The lowest BCUT2D eigenvalue weighted by Crippen LogP contribution is -2.29. The molecule has 2 atom stereocenters. The molecule has 2 unspecified atom stereocenters. The monoisotopic (exact) mass is 268 g/mol. The van der Waals surface area contributed by atoms with Gasteiger partial charge < -0.3 is 5.32 Å². The fraction of sp³-hybridized carbons (Fsp3) is 0.389. The Bertz CT molecular complexity index is 522. The summed E-state index contributed by atoms with van der Waals surface area (Å²) in [5.41, 5.74) is 4.06. The summed E-state index contributed by atoms with van der Waals surface area (Å²) in [5.74, 6) is 0. The molecule has 0 saturated heterocycles. The summed E-state index contributed by atoms with van der Waals surface area (Å²) >= 11 is 0. The predicted molar refractivity (Wildman–Crippen MR) is 84.7 cm³/mol. The van der Waals surface area contributed by atoms with E-state index in [9.17, 15) is 0 Å². The summed E-state index contributed by atoms with van der Waals surface area (Å²) in [5, 5.41) is 3.65. The topological polar surface area (TPSA) is 24.9 Å². The van der Waals surface area contributed by atoms with Crippen molar-refractivity contribution in [1.82, 2.24) is 10.3 Å². The van der Waals surface area contributed by atoms with Crippen LogP contribution in [0.5, 0.6) is 0 Å². The molecule has 2 aromatic rings. The van der Waals surface area contributed by atoms with E-state index in [1.54, 1.807) is 0 Å². The average Bonchev–Trinajstić information content (AvgIpc) is 2.46. The van der Waals surface area contributed by atoms with Gasteiger partial charge in [0.25, 0.3) is 0 Å². The van der Waals surface area contributed by atoms with E-state index in [1.165, 1.54) is 16.7 Å². The standard InChI is InChI=1S/C18H24N2/c1-14-5-4-6-17(13-14)8-7-15(2)20-16(3)18-9-11-19-12-10-18/h4-6,9-13,15-16,20H,7-8H2,1-3H3. The molecular formula is C18H24N2. The number of nitrogens with zero attached hydrogens (tertiary/aromatic N) is 1. The van der Waals surface area contributed by atoms with Crippen molar-refractivity contribution in [3.8, 4) is 0 Å². The van der Waals surface area contributed by atoms with Gasteiger partial charge in [0.2, 0.25) is 0 Å². The van der Waals surface area contributed by atoms with Gasteiger partial charge in [0.1, 0.15) is 0 Å². The molecule has 20 heavy (non-hydrogen) atoms. The van der Waals surface area contributed by atoms with Gasteiger partial charge in [0.05, 0.1) is 0 Å². The van der Waals surface area contributed by atoms with Crippen LogP contribution in [-0.4, -0.2) is 11.0 Å². The maximum absolute atomic E-state index is 4.06. The van der Waals surface area contributed by atoms with Crippen molar-refractivity contribution in [3.63, 3.8) is 0 Å². The Hall–Kier alpha value is -1.67. The van der Waals surface area contributed by atoms with Crippen molar-refractivity contribution in [2.45, 2.75) is 45.7 Å². The molecule has 0 amide bonds. The van der Waals surface area contributed by atoms with Gasteiger partial charge in [-0.25, -0.2) is 0 Å². The summed E-state index contributed by atoms with van der Waals surface area (Å²) < 4.78 is 0. The fourth-order valence-electron chi connectivity index (χ4n) is 2.51. The lowest BCUT2D eigenvalue weighted by molar-refractivity contribution is 0.456. The molecule has 1 aromatic carbocycles. The SMILES string of the molecule is Cc1cccc(CCC(C)NC(C)c2ccncc2)c1. The second-order valence-electron chi connectivity index (χ2n) is 5.60. The van der Waals surface area contributed by atoms with E-state index in [4.69, 9.17) is 0 Å². The average molecular weight is 268 g/mol. The van der Waals surface area contributed by atoms with Crippen LogP contribution in [0.1, 0.15) is 43.0 Å². The van der Waals surface area contributed by atoms with E-state index >= 15 is 0 Å². The van der Waals surface area contributed by atoms with Crippen LogP contribution in [0.3, 0.4) is 0 Å². The van der Waals surface area contributed by atoms with Gasteiger partial charge in [-0.3, -0.25) is 4.98 Å². The van der Waals surface area contributed by atoms with Gasteiger partial charge in [-0.2, -0.15) is 0 Å². The Morgan fingerprint density at radius 1 is 1.10 bits per heavy atom. The van der Waals surface area contributed by atoms with Crippen molar-refractivity contribution < 1.29 is 0 Å². The third kappa shape index (κ3) is 4.46. The Morgan fingerprint density at radius 3 is 2.55 bits per heavy atom. The van der Waals surface area contributed by atoms with Gasteiger partial charge in [-0.15, -0.1) is 0 Å². The predicted octanol–water partition coefficient (Wildman–Crippen LogP) is 4.06. The first-order chi connectivity index (χ1) is 9.65. The summed E-state index contributed by atoms with van der Waals surface area (Å²) in [6.07, 6.45) is 5.98. The molecule has 1 aromatic heterocycles. The molecule has 2 nitrogen and oxygen atoms in total. The van der Waals surface area contributed by atoms with Crippen LogP contribution in [0.25, 0.3) is 0 Å². The van der Waals surface area contributed by atoms with Crippen LogP contribution in [0.4, 0.5) is 0 Å². The number of hydrogen-bond donors (Lipinski definition) is 1. The Balaban J connectivity index is 1.82. The Labute approximate surface area is 122 Å². The molecule has 0 saturated carbocycles. The highest BCUT2D eigenvalue weighted by molar-refractivity contribution is 5.22. The smallest absolute Gasteiger partial charge is 0.0295 e. The van der Waals surface area contributed by atoms with Gasteiger partial charge in [-0.1, -0.05) is 29.8 Å². The number of aromatic nitrogens is 1. The van der Waals surface area contributed by atoms with E-state index in [1.807, 2.05) is 12.4 Å². The second kappa shape index (κ2) is 7.20. The van der Waals surface area contributed by atoms with Gasteiger partial charge >= 0.3 is 0 Å². The molecule has 106 valence electrons. The van der Waals surface area contributed by atoms with Crippen molar-refractivity contribution >= 4 is 0 Å². The number of aryl methyl sites for hydroxylation is 2. The molecule has 1 N–H and O–H groups in total. The first kappa shape index (κ1) is 14.7. The normalized spacial score (nSPS) is 13.9. The zero-order valence-electron chi connectivity index (χ0n) is 12.6. The van der Waals surface area contributed by atoms with E-state index in [-0.39, 0.29) is 0 Å². The fourth-order valence-corrected chi connectivity index (χ4v) is 2.51. The van der Waals surface area contributed by atoms with Gasteiger partial charge in [0, 0.05) is 24.5 Å². The highest BCUT2D eigenvalue weighted by Crippen LogP contribution is 2.13. The molecule has 1 heterocycles. The molecule has 0 aliphatic heterocycles. The van der Waals surface area contributed by atoms with E-state index in [0.29, 0.717) is 12.1 Å². The number of nitrogens with one attached hydrogen (secondary N) is 1. The highest BCUT2D eigenvalue weighted by Gasteiger charge is 2.09. The molecule has 0 aliphatic rings. The maximum atomic E-state index is 4.06. The van der Waals surface area contributed by atoms with Crippen LogP contribution in [0.15, 0.2) is 48.8 Å². The van der Waals surface area contributed by atoms with Gasteiger partial charge in [0.15, 0.2) is 0 Å². The zero-order chi connectivity index (χ0) is 14.4. The highest BCUT2D eigenvalue weighted by atomic mass is 14.9. The third-order valence-corrected chi connectivity index (χ3v) is 3.69. The van der Waals surface area contributed by atoms with E-state index in [2.05, 4.69) is 67.5 Å². The Morgan fingerprint density at radius 2 is 1.85 bits per heavy atom. The molecule has 2 rings (SSSR count). The van der Waals surface area contributed by atoms with Crippen LogP contribution in [-0.2, 0) is 6.42 Å². The molecule has 2 heteroatoms. The van der Waals surface area contributed by atoms with Crippen LogP contribution in [0.2, 0.25) is 0 Å². The zero-order valence-corrected chi connectivity index (χ0v) is 12.6. The quantitative estimate of drug-likeness (QED) is 0.854. The minimum Gasteiger partial charge on any atom is -0.308 e. The lowest BCUT2D eigenvalue weighted by atomic mass is 10.0. The summed E-state index contributed by atoms with van der Waals surface area (Å²) in [4.78, 5) is 4.06.